The zero-order valence-electron chi connectivity index (χ0n) is 8.55. The Hall–Kier alpha value is -0.330. The first kappa shape index (κ1) is 8.02. The maximum Gasteiger partial charge on any atom is 0.139 e. The minimum atomic E-state index is 0.102. The molecule has 3 saturated carbocycles. The number of carbonyl (C=O) groups is 1. The average Bonchev–Trinajstić information content (AvgIpc) is 2.63. The van der Waals surface area contributed by atoms with Crippen LogP contribution in [0.25, 0.3) is 0 Å². The van der Waals surface area contributed by atoms with Crippen LogP contribution in [0.15, 0.2) is 0 Å². The molecule has 0 spiro atoms. The Morgan fingerprint density at radius 3 is 2.92 bits per heavy atom. The van der Waals surface area contributed by atoms with Crippen LogP contribution < -0.4 is 0 Å². The molecular weight excluding hydrogens is 160 g/mol. The van der Waals surface area contributed by atoms with Gasteiger partial charge in [0.2, 0.25) is 0 Å². The van der Waals surface area contributed by atoms with Crippen molar-refractivity contribution in [3.05, 3.63) is 0 Å². The van der Waals surface area contributed by atoms with E-state index in [-0.39, 0.29) is 5.41 Å². The van der Waals surface area contributed by atoms with Crippen molar-refractivity contribution in [2.75, 3.05) is 0 Å². The van der Waals surface area contributed by atoms with Crippen LogP contribution in [-0.4, -0.2) is 5.78 Å². The number of hydrogen-bond acceptors (Lipinski definition) is 1. The maximum atomic E-state index is 11.8. The van der Waals surface area contributed by atoms with E-state index in [1.807, 2.05) is 0 Å². The van der Waals surface area contributed by atoms with Gasteiger partial charge in [0.1, 0.15) is 5.78 Å². The Bertz CT molecular complexity index is 270. The number of Topliss-reactive ketones (excluding diaryl/α,β-unsaturated/α-hetero) is 1. The summed E-state index contributed by atoms with van der Waals surface area (Å²) < 4.78 is 0. The van der Waals surface area contributed by atoms with Crippen LogP contribution in [0.3, 0.4) is 0 Å². The highest BCUT2D eigenvalue weighted by Gasteiger charge is 2.62. The number of fused-ring (bicyclic) bond motifs is 5. The molecule has 0 N–H and O–H groups in total. The molecule has 0 radical (unpaired) electrons. The van der Waals surface area contributed by atoms with Crippen LogP contribution in [0.1, 0.15) is 39.5 Å². The minimum absolute atomic E-state index is 0.102. The third-order valence-electron chi connectivity index (χ3n) is 5.14. The smallest absolute Gasteiger partial charge is 0.139 e. The summed E-state index contributed by atoms with van der Waals surface area (Å²) in [4.78, 5) is 11.8. The molecule has 3 aliphatic rings. The van der Waals surface area contributed by atoms with Crippen LogP contribution in [0.4, 0.5) is 0 Å². The molecule has 5 unspecified atom stereocenters. The molecule has 0 heterocycles. The summed E-state index contributed by atoms with van der Waals surface area (Å²) in [6.45, 7) is 4.59. The summed E-state index contributed by atoms with van der Waals surface area (Å²) in [6.07, 6.45) is 4.89. The third kappa shape index (κ3) is 0.769. The Balaban J connectivity index is 2.03. The molecule has 0 aromatic heterocycles. The monoisotopic (exact) mass is 178 g/mol. The van der Waals surface area contributed by atoms with Crippen LogP contribution in [0.5, 0.6) is 0 Å². The van der Waals surface area contributed by atoms with Gasteiger partial charge >= 0.3 is 0 Å². The molecule has 0 saturated heterocycles. The van der Waals surface area contributed by atoms with Gasteiger partial charge in [0, 0.05) is 11.8 Å². The molecule has 1 nitrogen and oxygen atoms in total. The summed E-state index contributed by atoms with van der Waals surface area (Å²) in [7, 11) is 0. The molecule has 13 heavy (non-hydrogen) atoms. The van der Waals surface area contributed by atoms with Crippen molar-refractivity contribution in [3.8, 4) is 0 Å². The van der Waals surface area contributed by atoms with Crippen molar-refractivity contribution < 1.29 is 4.79 Å². The second-order valence-corrected chi connectivity index (χ2v) is 5.75. The molecule has 3 rings (SSSR count). The van der Waals surface area contributed by atoms with Crippen LogP contribution >= 0.6 is 0 Å². The van der Waals surface area contributed by atoms with E-state index in [1.54, 1.807) is 0 Å². The van der Waals surface area contributed by atoms with Crippen molar-refractivity contribution in [1.29, 1.82) is 0 Å². The summed E-state index contributed by atoms with van der Waals surface area (Å²) in [5, 5.41) is 0. The molecule has 2 bridgehead atoms. The van der Waals surface area contributed by atoms with E-state index < -0.39 is 0 Å². The fraction of sp³-hybridized carbons (Fsp3) is 0.917. The summed E-state index contributed by atoms with van der Waals surface area (Å²) in [5.41, 5.74) is 0.102. The van der Waals surface area contributed by atoms with Gasteiger partial charge in [0.25, 0.3) is 0 Å². The second-order valence-electron chi connectivity index (χ2n) is 5.75. The van der Waals surface area contributed by atoms with Gasteiger partial charge in [0.05, 0.1) is 0 Å². The molecule has 3 aliphatic carbocycles. The first-order valence-corrected chi connectivity index (χ1v) is 5.66. The lowest BCUT2D eigenvalue weighted by molar-refractivity contribution is -0.130. The fourth-order valence-corrected chi connectivity index (χ4v) is 4.69. The van der Waals surface area contributed by atoms with Gasteiger partial charge in [-0.15, -0.1) is 0 Å². The normalized spacial score (nSPS) is 58.8. The molecular formula is C12H18O. The second kappa shape index (κ2) is 2.18. The zero-order valence-corrected chi connectivity index (χ0v) is 8.55. The lowest BCUT2D eigenvalue weighted by Gasteiger charge is -2.34. The van der Waals surface area contributed by atoms with E-state index >= 15 is 0 Å². The molecule has 3 fully saturated rings. The van der Waals surface area contributed by atoms with E-state index in [0.717, 1.165) is 30.1 Å². The predicted molar refractivity (Wildman–Crippen MR) is 51.2 cm³/mol. The van der Waals surface area contributed by atoms with Crippen molar-refractivity contribution in [1.82, 2.24) is 0 Å². The highest BCUT2D eigenvalue weighted by Crippen LogP contribution is 2.65. The van der Waals surface area contributed by atoms with Crippen molar-refractivity contribution in [3.63, 3.8) is 0 Å². The molecule has 72 valence electrons. The van der Waals surface area contributed by atoms with Crippen molar-refractivity contribution >= 4 is 5.78 Å². The Morgan fingerprint density at radius 2 is 2.15 bits per heavy atom. The van der Waals surface area contributed by atoms with Crippen LogP contribution in [0.2, 0.25) is 0 Å². The number of rotatable bonds is 0. The number of ketones is 1. The Labute approximate surface area is 79.9 Å². The molecule has 0 aromatic carbocycles. The summed E-state index contributed by atoms with van der Waals surface area (Å²) in [6, 6.07) is 0. The van der Waals surface area contributed by atoms with E-state index in [2.05, 4.69) is 13.8 Å². The lowest BCUT2D eigenvalue weighted by Crippen LogP contribution is -2.36. The van der Waals surface area contributed by atoms with E-state index in [4.69, 9.17) is 0 Å². The SMILES string of the molecule is CC1CCC2C3CC(=O)C(C)(C3)C12. The lowest BCUT2D eigenvalue weighted by atomic mass is 9.69. The standard InChI is InChI=1S/C12H18O/c1-7-3-4-9-8-5-10(13)12(2,6-8)11(7)9/h7-9,11H,3-6H2,1-2H3. The Morgan fingerprint density at radius 1 is 1.38 bits per heavy atom. The van der Waals surface area contributed by atoms with E-state index in [1.165, 1.54) is 19.3 Å². The highest BCUT2D eigenvalue weighted by molar-refractivity contribution is 5.88. The third-order valence-corrected chi connectivity index (χ3v) is 5.14. The highest BCUT2D eigenvalue weighted by atomic mass is 16.1. The van der Waals surface area contributed by atoms with Crippen molar-refractivity contribution in [2.24, 2.45) is 29.1 Å². The van der Waals surface area contributed by atoms with Gasteiger partial charge in [-0.25, -0.2) is 0 Å². The molecule has 0 amide bonds. The molecule has 5 atom stereocenters. The van der Waals surface area contributed by atoms with Gasteiger partial charge in [-0.1, -0.05) is 20.3 Å². The van der Waals surface area contributed by atoms with Gasteiger partial charge in [-0.05, 0) is 36.5 Å². The largest absolute Gasteiger partial charge is 0.299 e. The maximum absolute atomic E-state index is 11.8. The van der Waals surface area contributed by atoms with E-state index in [9.17, 15) is 4.79 Å². The summed E-state index contributed by atoms with van der Waals surface area (Å²) >= 11 is 0. The predicted octanol–water partition coefficient (Wildman–Crippen LogP) is 2.65. The van der Waals surface area contributed by atoms with Gasteiger partial charge < -0.3 is 0 Å². The first-order valence-electron chi connectivity index (χ1n) is 5.66. The summed E-state index contributed by atoms with van der Waals surface area (Å²) in [5.74, 6) is 3.82. The van der Waals surface area contributed by atoms with Gasteiger partial charge in [-0.2, -0.15) is 0 Å². The fourth-order valence-electron chi connectivity index (χ4n) is 4.69. The molecule has 1 heteroatoms. The van der Waals surface area contributed by atoms with Gasteiger partial charge in [-0.3, -0.25) is 4.79 Å². The van der Waals surface area contributed by atoms with Gasteiger partial charge in [0.15, 0.2) is 0 Å². The zero-order chi connectivity index (χ0) is 9.22. The van der Waals surface area contributed by atoms with Crippen LogP contribution in [-0.2, 0) is 4.79 Å². The Kier molecular flexibility index (Phi) is 1.35. The molecule has 0 aromatic rings. The van der Waals surface area contributed by atoms with E-state index in [0.29, 0.717) is 5.78 Å². The quantitative estimate of drug-likeness (QED) is 0.557. The first-order chi connectivity index (χ1) is 6.13. The topological polar surface area (TPSA) is 17.1 Å². The number of hydrogen-bond donors (Lipinski definition) is 0. The van der Waals surface area contributed by atoms with Crippen LogP contribution in [0, 0.1) is 29.1 Å². The average molecular weight is 178 g/mol. The number of carbonyl (C=O) groups excluding carboxylic acids is 1. The minimum Gasteiger partial charge on any atom is -0.299 e. The molecule has 0 aliphatic heterocycles. The van der Waals surface area contributed by atoms with Crippen molar-refractivity contribution in [2.45, 2.75) is 39.5 Å².